The number of nitrogens with one attached hydrogen (secondary N) is 1. The monoisotopic (exact) mass is 272 g/mol. The van der Waals surface area contributed by atoms with E-state index in [4.69, 9.17) is 5.73 Å². The lowest BCUT2D eigenvalue weighted by atomic mass is 10.1. The standard InChI is InChI=1S/C15H20N4O/c1-9-6-5-7-13(16)15(9)17-14(20)8-19-12(4)10(2)11(3)18-19/h5-7H,8,16H2,1-4H3,(H,17,20). The summed E-state index contributed by atoms with van der Waals surface area (Å²) >= 11 is 0. The topological polar surface area (TPSA) is 72.9 Å². The Morgan fingerprint density at radius 2 is 2.00 bits per heavy atom. The summed E-state index contributed by atoms with van der Waals surface area (Å²) in [6.07, 6.45) is 0. The van der Waals surface area contributed by atoms with Crippen LogP contribution in [-0.4, -0.2) is 15.7 Å². The smallest absolute Gasteiger partial charge is 0.246 e. The highest BCUT2D eigenvalue weighted by Crippen LogP contribution is 2.22. The lowest BCUT2D eigenvalue weighted by molar-refractivity contribution is -0.116. The molecule has 2 aromatic rings. The van der Waals surface area contributed by atoms with Crippen molar-refractivity contribution in [3.63, 3.8) is 0 Å². The molecule has 0 spiro atoms. The van der Waals surface area contributed by atoms with Crippen molar-refractivity contribution >= 4 is 17.3 Å². The summed E-state index contributed by atoms with van der Waals surface area (Å²) < 4.78 is 1.72. The van der Waals surface area contributed by atoms with Crippen molar-refractivity contribution in [2.75, 3.05) is 11.1 Å². The Bertz CT molecular complexity index is 638. The molecule has 0 radical (unpaired) electrons. The van der Waals surface area contributed by atoms with E-state index >= 15 is 0 Å². The van der Waals surface area contributed by atoms with Gasteiger partial charge < -0.3 is 11.1 Å². The van der Waals surface area contributed by atoms with Crippen molar-refractivity contribution in [3.05, 3.63) is 40.7 Å². The van der Waals surface area contributed by atoms with Crippen molar-refractivity contribution in [3.8, 4) is 0 Å². The fourth-order valence-electron chi connectivity index (χ4n) is 2.12. The molecule has 0 aliphatic rings. The van der Waals surface area contributed by atoms with Gasteiger partial charge in [0.15, 0.2) is 0 Å². The predicted octanol–water partition coefficient (Wildman–Crippen LogP) is 2.34. The third-order valence-electron chi connectivity index (χ3n) is 3.61. The van der Waals surface area contributed by atoms with Gasteiger partial charge in [0.25, 0.3) is 0 Å². The number of aromatic nitrogens is 2. The molecule has 106 valence electrons. The van der Waals surface area contributed by atoms with Gasteiger partial charge in [0.1, 0.15) is 6.54 Å². The summed E-state index contributed by atoms with van der Waals surface area (Å²) in [5.41, 5.74) is 11.2. The molecule has 0 saturated carbocycles. The number of hydrogen-bond acceptors (Lipinski definition) is 3. The van der Waals surface area contributed by atoms with E-state index in [0.717, 1.165) is 22.5 Å². The second kappa shape index (κ2) is 5.36. The molecule has 20 heavy (non-hydrogen) atoms. The molecule has 1 aromatic carbocycles. The van der Waals surface area contributed by atoms with Crippen LogP contribution in [0.4, 0.5) is 11.4 Å². The van der Waals surface area contributed by atoms with Crippen LogP contribution in [0.3, 0.4) is 0 Å². The van der Waals surface area contributed by atoms with Gasteiger partial charge in [-0.1, -0.05) is 12.1 Å². The third kappa shape index (κ3) is 2.66. The fraction of sp³-hybridized carbons (Fsp3) is 0.333. The molecule has 1 heterocycles. The summed E-state index contributed by atoms with van der Waals surface area (Å²) in [6, 6.07) is 5.56. The van der Waals surface area contributed by atoms with Crippen LogP contribution in [0.1, 0.15) is 22.5 Å². The first-order valence-corrected chi connectivity index (χ1v) is 6.55. The molecular weight excluding hydrogens is 252 g/mol. The van der Waals surface area contributed by atoms with Crippen LogP contribution < -0.4 is 11.1 Å². The van der Waals surface area contributed by atoms with Gasteiger partial charge in [-0.05, 0) is 44.9 Å². The Morgan fingerprint density at radius 3 is 2.55 bits per heavy atom. The molecule has 0 saturated heterocycles. The Kier molecular flexibility index (Phi) is 3.79. The molecular formula is C15H20N4O. The van der Waals surface area contributed by atoms with E-state index in [2.05, 4.69) is 10.4 Å². The normalized spacial score (nSPS) is 10.6. The van der Waals surface area contributed by atoms with Crippen LogP contribution in [0.2, 0.25) is 0 Å². The second-order valence-corrected chi connectivity index (χ2v) is 5.04. The van der Waals surface area contributed by atoms with Crippen molar-refractivity contribution in [2.24, 2.45) is 0 Å². The lowest BCUT2D eigenvalue weighted by Crippen LogP contribution is -2.21. The van der Waals surface area contributed by atoms with Crippen molar-refractivity contribution in [2.45, 2.75) is 34.2 Å². The molecule has 0 fully saturated rings. The predicted molar refractivity (Wildman–Crippen MR) is 80.7 cm³/mol. The number of hydrogen-bond donors (Lipinski definition) is 2. The number of nitrogens with zero attached hydrogens (tertiary/aromatic N) is 2. The number of rotatable bonds is 3. The number of benzene rings is 1. The first kappa shape index (κ1) is 14.1. The van der Waals surface area contributed by atoms with Gasteiger partial charge >= 0.3 is 0 Å². The first-order chi connectivity index (χ1) is 9.40. The largest absolute Gasteiger partial charge is 0.397 e. The molecule has 3 N–H and O–H groups in total. The minimum atomic E-state index is -0.128. The number of carbonyl (C=O) groups excluding carboxylic acids is 1. The Hall–Kier alpha value is -2.30. The van der Waals surface area contributed by atoms with Gasteiger partial charge in [0, 0.05) is 5.69 Å². The molecule has 1 aromatic heterocycles. The zero-order valence-electron chi connectivity index (χ0n) is 12.3. The average molecular weight is 272 g/mol. The zero-order chi connectivity index (χ0) is 14.9. The summed E-state index contributed by atoms with van der Waals surface area (Å²) in [7, 11) is 0. The molecule has 0 aliphatic carbocycles. The van der Waals surface area contributed by atoms with E-state index in [1.54, 1.807) is 10.7 Å². The van der Waals surface area contributed by atoms with Gasteiger partial charge in [0.2, 0.25) is 5.91 Å². The summed E-state index contributed by atoms with van der Waals surface area (Å²) in [4.78, 5) is 12.1. The van der Waals surface area contributed by atoms with Crippen LogP contribution in [-0.2, 0) is 11.3 Å². The third-order valence-corrected chi connectivity index (χ3v) is 3.61. The fourth-order valence-corrected chi connectivity index (χ4v) is 2.12. The number of carbonyl (C=O) groups is 1. The van der Waals surface area contributed by atoms with Crippen LogP contribution in [0.15, 0.2) is 18.2 Å². The van der Waals surface area contributed by atoms with Crippen molar-refractivity contribution in [1.29, 1.82) is 0 Å². The maximum Gasteiger partial charge on any atom is 0.246 e. The van der Waals surface area contributed by atoms with Crippen LogP contribution in [0.5, 0.6) is 0 Å². The number of nitrogen functional groups attached to an aromatic ring is 1. The maximum absolute atomic E-state index is 12.1. The van der Waals surface area contributed by atoms with Gasteiger partial charge in [-0.15, -0.1) is 0 Å². The van der Waals surface area contributed by atoms with E-state index in [1.807, 2.05) is 39.8 Å². The van der Waals surface area contributed by atoms with Gasteiger partial charge in [-0.25, -0.2) is 0 Å². The van der Waals surface area contributed by atoms with E-state index in [1.165, 1.54) is 0 Å². The van der Waals surface area contributed by atoms with Gasteiger partial charge in [0.05, 0.1) is 17.1 Å². The van der Waals surface area contributed by atoms with E-state index < -0.39 is 0 Å². The van der Waals surface area contributed by atoms with Gasteiger partial charge in [-0.3, -0.25) is 9.48 Å². The highest BCUT2D eigenvalue weighted by Gasteiger charge is 2.12. The number of aryl methyl sites for hydroxylation is 2. The number of para-hydroxylation sites is 1. The van der Waals surface area contributed by atoms with E-state index in [0.29, 0.717) is 11.4 Å². The van der Waals surface area contributed by atoms with Crippen LogP contribution >= 0.6 is 0 Å². The zero-order valence-corrected chi connectivity index (χ0v) is 12.3. The Balaban J connectivity index is 2.15. The SMILES string of the molecule is Cc1cccc(N)c1NC(=O)Cn1nc(C)c(C)c1C. The highest BCUT2D eigenvalue weighted by atomic mass is 16.2. The molecule has 0 bridgehead atoms. The van der Waals surface area contributed by atoms with Crippen molar-refractivity contribution < 1.29 is 4.79 Å². The average Bonchev–Trinajstić information content (AvgIpc) is 2.62. The number of amides is 1. The summed E-state index contributed by atoms with van der Waals surface area (Å²) in [6.45, 7) is 8.01. The minimum Gasteiger partial charge on any atom is -0.397 e. The molecule has 0 aliphatic heterocycles. The van der Waals surface area contributed by atoms with Crippen LogP contribution in [0, 0.1) is 27.7 Å². The molecule has 1 amide bonds. The first-order valence-electron chi connectivity index (χ1n) is 6.55. The van der Waals surface area contributed by atoms with E-state index in [-0.39, 0.29) is 12.5 Å². The van der Waals surface area contributed by atoms with Crippen LogP contribution in [0.25, 0.3) is 0 Å². The Labute approximate surface area is 118 Å². The molecule has 0 atom stereocenters. The highest BCUT2D eigenvalue weighted by molar-refractivity contribution is 5.94. The minimum absolute atomic E-state index is 0.128. The van der Waals surface area contributed by atoms with Gasteiger partial charge in [-0.2, -0.15) is 5.10 Å². The molecule has 5 nitrogen and oxygen atoms in total. The molecule has 5 heteroatoms. The molecule has 2 rings (SSSR count). The molecule has 0 unspecified atom stereocenters. The van der Waals surface area contributed by atoms with E-state index in [9.17, 15) is 4.79 Å². The quantitative estimate of drug-likeness (QED) is 0.842. The van der Waals surface area contributed by atoms with Crippen molar-refractivity contribution in [1.82, 2.24) is 9.78 Å². The second-order valence-electron chi connectivity index (χ2n) is 5.04. The lowest BCUT2D eigenvalue weighted by Gasteiger charge is -2.11. The Morgan fingerprint density at radius 1 is 1.30 bits per heavy atom. The number of nitrogens with two attached hydrogens (primary N) is 1. The maximum atomic E-state index is 12.1. The summed E-state index contributed by atoms with van der Waals surface area (Å²) in [5, 5.41) is 7.22. The summed E-state index contributed by atoms with van der Waals surface area (Å²) in [5.74, 6) is -0.128. The number of anilines is 2.